The second kappa shape index (κ2) is 6.23. The molecule has 0 N–H and O–H groups in total. The zero-order valence-corrected chi connectivity index (χ0v) is 11.3. The normalized spacial score (nSPS) is 16.3. The van der Waals surface area contributed by atoms with Crippen LogP contribution in [-0.4, -0.2) is 19.7 Å². The Balaban J connectivity index is 2.11. The van der Waals surface area contributed by atoms with Gasteiger partial charge in [-0.3, -0.25) is 0 Å². The van der Waals surface area contributed by atoms with E-state index in [1.54, 1.807) is 13.2 Å². The van der Waals surface area contributed by atoms with Gasteiger partial charge in [-0.05, 0) is 48.6 Å². The van der Waals surface area contributed by atoms with Gasteiger partial charge in [0.2, 0.25) is 0 Å². The minimum Gasteiger partial charge on any atom is -0.497 e. The summed E-state index contributed by atoms with van der Waals surface area (Å²) in [7, 11) is 1.66. The van der Waals surface area contributed by atoms with Gasteiger partial charge in [0.25, 0.3) is 0 Å². The van der Waals surface area contributed by atoms with Crippen LogP contribution < -0.4 is 4.74 Å². The number of ether oxygens (including phenoxy) is 2. The van der Waals surface area contributed by atoms with Crippen molar-refractivity contribution in [2.24, 2.45) is 0 Å². The van der Waals surface area contributed by atoms with Crippen LogP contribution in [0.25, 0.3) is 5.57 Å². The van der Waals surface area contributed by atoms with E-state index in [-0.39, 0.29) is 5.97 Å². The van der Waals surface area contributed by atoms with Gasteiger partial charge in [-0.2, -0.15) is 0 Å². The Morgan fingerprint density at radius 3 is 2.63 bits per heavy atom. The van der Waals surface area contributed by atoms with E-state index >= 15 is 0 Å². The summed E-state index contributed by atoms with van der Waals surface area (Å²) in [6, 6.07) is 7.97. The maximum atomic E-state index is 11.4. The van der Waals surface area contributed by atoms with Crippen LogP contribution in [0.2, 0.25) is 0 Å². The Kier molecular flexibility index (Phi) is 4.39. The third kappa shape index (κ3) is 3.47. The highest BCUT2D eigenvalue weighted by Gasteiger charge is 2.12. The average molecular weight is 258 g/mol. The van der Waals surface area contributed by atoms with Crippen molar-refractivity contribution in [3.8, 4) is 5.75 Å². The summed E-state index contributed by atoms with van der Waals surface area (Å²) in [5.74, 6) is 0.592. The van der Waals surface area contributed by atoms with Crippen molar-refractivity contribution in [1.82, 2.24) is 0 Å². The lowest BCUT2D eigenvalue weighted by Gasteiger charge is -2.03. The highest BCUT2D eigenvalue weighted by Crippen LogP contribution is 2.31. The van der Waals surface area contributed by atoms with Gasteiger partial charge in [-0.1, -0.05) is 18.2 Å². The number of carbonyl (C=O) groups excluding carboxylic acids is 1. The van der Waals surface area contributed by atoms with E-state index < -0.39 is 0 Å². The molecule has 0 atom stereocenters. The summed E-state index contributed by atoms with van der Waals surface area (Å²) in [5, 5.41) is 0. The molecule has 0 spiro atoms. The standard InChI is InChI=1S/C16H18O3/c1-3-19-16(17)11-12-4-5-14(10-12)13-6-8-15(18-2)9-7-13/h6-11H,3-5H2,1-2H3. The van der Waals surface area contributed by atoms with E-state index in [1.807, 2.05) is 31.2 Å². The van der Waals surface area contributed by atoms with Crippen molar-refractivity contribution >= 4 is 11.5 Å². The smallest absolute Gasteiger partial charge is 0.331 e. The summed E-state index contributed by atoms with van der Waals surface area (Å²) in [4.78, 5) is 11.4. The molecule has 2 rings (SSSR count). The lowest BCUT2D eigenvalue weighted by molar-refractivity contribution is -0.137. The number of rotatable bonds is 4. The summed E-state index contributed by atoms with van der Waals surface area (Å²) in [6.45, 7) is 2.22. The summed E-state index contributed by atoms with van der Waals surface area (Å²) >= 11 is 0. The molecule has 19 heavy (non-hydrogen) atoms. The van der Waals surface area contributed by atoms with Gasteiger partial charge in [0.15, 0.2) is 0 Å². The molecule has 100 valence electrons. The fourth-order valence-electron chi connectivity index (χ4n) is 2.13. The first-order valence-electron chi connectivity index (χ1n) is 6.45. The summed E-state index contributed by atoms with van der Waals surface area (Å²) in [5.41, 5.74) is 3.45. The van der Waals surface area contributed by atoms with E-state index in [1.165, 1.54) is 11.1 Å². The van der Waals surface area contributed by atoms with Crippen LogP contribution in [0, 0.1) is 0 Å². The molecule has 0 saturated heterocycles. The number of esters is 1. The number of benzene rings is 1. The van der Waals surface area contributed by atoms with Crippen LogP contribution in [0.1, 0.15) is 25.3 Å². The first-order valence-corrected chi connectivity index (χ1v) is 6.45. The van der Waals surface area contributed by atoms with Crippen LogP contribution in [0.5, 0.6) is 5.75 Å². The predicted molar refractivity (Wildman–Crippen MR) is 74.9 cm³/mol. The Hall–Kier alpha value is -2.03. The largest absolute Gasteiger partial charge is 0.497 e. The third-order valence-electron chi connectivity index (χ3n) is 3.09. The predicted octanol–water partition coefficient (Wildman–Crippen LogP) is 3.36. The molecular weight excluding hydrogens is 240 g/mol. The topological polar surface area (TPSA) is 35.5 Å². The van der Waals surface area contributed by atoms with E-state index in [2.05, 4.69) is 6.08 Å². The molecule has 1 aliphatic carbocycles. The second-order valence-electron chi connectivity index (χ2n) is 4.37. The molecule has 0 unspecified atom stereocenters. The lowest BCUT2D eigenvalue weighted by atomic mass is 10.1. The maximum absolute atomic E-state index is 11.4. The van der Waals surface area contributed by atoms with Crippen molar-refractivity contribution in [3.63, 3.8) is 0 Å². The van der Waals surface area contributed by atoms with Gasteiger partial charge in [-0.25, -0.2) is 4.79 Å². The van der Waals surface area contributed by atoms with Crippen molar-refractivity contribution < 1.29 is 14.3 Å². The molecule has 1 aromatic carbocycles. The molecule has 0 fully saturated rings. The fourth-order valence-corrected chi connectivity index (χ4v) is 2.13. The zero-order chi connectivity index (χ0) is 13.7. The maximum Gasteiger partial charge on any atom is 0.331 e. The van der Waals surface area contributed by atoms with E-state index in [4.69, 9.17) is 9.47 Å². The SMILES string of the molecule is CCOC(=O)C=C1C=C(c2ccc(OC)cc2)CC1. The van der Waals surface area contributed by atoms with Crippen molar-refractivity contribution in [2.45, 2.75) is 19.8 Å². The van der Waals surface area contributed by atoms with Gasteiger partial charge in [0.05, 0.1) is 13.7 Å². The Morgan fingerprint density at radius 1 is 1.26 bits per heavy atom. The molecule has 0 aliphatic heterocycles. The molecule has 3 heteroatoms. The average Bonchev–Trinajstić information content (AvgIpc) is 2.87. The van der Waals surface area contributed by atoms with Crippen molar-refractivity contribution in [2.75, 3.05) is 13.7 Å². The van der Waals surface area contributed by atoms with Crippen LogP contribution in [0.15, 0.2) is 42.0 Å². The molecule has 3 nitrogen and oxygen atoms in total. The van der Waals surface area contributed by atoms with E-state index in [0.29, 0.717) is 6.61 Å². The van der Waals surface area contributed by atoms with Gasteiger partial charge in [-0.15, -0.1) is 0 Å². The molecule has 1 aliphatic rings. The third-order valence-corrected chi connectivity index (χ3v) is 3.09. The molecule has 0 bridgehead atoms. The van der Waals surface area contributed by atoms with Gasteiger partial charge in [0, 0.05) is 6.08 Å². The first-order chi connectivity index (χ1) is 9.22. The summed E-state index contributed by atoms with van der Waals surface area (Å²) < 4.78 is 10.1. The van der Waals surface area contributed by atoms with Gasteiger partial charge < -0.3 is 9.47 Å². The van der Waals surface area contributed by atoms with Crippen LogP contribution in [-0.2, 0) is 9.53 Å². The molecule has 1 aromatic rings. The molecule has 0 amide bonds. The number of allylic oxidation sites excluding steroid dienone is 3. The quantitative estimate of drug-likeness (QED) is 0.613. The molecular formula is C16H18O3. The number of methoxy groups -OCH3 is 1. The minimum atomic E-state index is -0.260. The van der Waals surface area contributed by atoms with Crippen molar-refractivity contribution in [1.29, 1.82) is 0 Å². The zero-order valence-electron chi connectivity index (χ0n) is 11.3. The molecule has 0 aromatic heterocycles. The van der Waals surface area contributed by atoms with Crippen LogP contribution in [0.4, 0.5) is 0 Å². The van der Waals surface area contributed by atoms with E-state index in [0.717, 1.165) is 24.2 Å². The number of hydrogen-bond acceptors (Lipinski definition) is 3. The Bertz CT molecular complexity index is 509. The summed E-state index contributed by atoms with van der Waals surface area (Å²) in [6.07, 6.45) is 5.50. The highest BCUT2D eigenvalue weighted by molar-refractivity contribution is 5.85. The number of hydrogen-bond donors (Lipinski definition) is 0. The Morgan fingerprint density at radius 2 is 2.00 bits per heavy atom. The molecule has 0 heterocycles. The molecule has 0 radical (unpaired) electrons. The monoisotopic (exact) mass is 258 g/mol. The second-order valence-corrected chi connectivity index (χ2v) is 4.37. The first kappa shape index (κ1) is 13.4. The van der Waals surface area contributed by atoms with Gasteiger partial charge in [0.1, 0.15) is 5.75 Å². The van der Waals surface area contributed by atoms with Crippen molar-refractivity contribution in [3.05, 3.63) is 47.6 Å². The highest BCUT2D eigenvalue weighted by atomic mass is 16.5. The fraction of sp³-hybridized carbons (Fsp3) is 0.312. The van der Waals surface area contributed by atoms with Gasteiger partial charge >= 0.3 is 5.97 Å². The van der Waals surface area contributed by atoms with E-state index in [9.17, 15) is 4.79 Å². The van der Waals surface area contributed by atoms with Crippen LogP contribution >= 0.6 is 0 Å². The Labute approximate surface area is 113 Å². The number of carbonyl (C=O) groups is 1. The van der Waals surface area contributed by atoms with Crippen LogP contribution in [0.3, 0.4) is 0 Å². The lowest BCUT2D eigenvalue weighted by Crippen LogP contribution is -1.99. The molecule has 0 saturated carbocycles. The minimum absolute atomic E-state index is 0.260.